The standard InChI is InChI=1S/C10H12BrNO.ClH/c11-9-4-3-7(13)5-8(9)10(12)6-1-2-6;/h3-6,10,13H,1-2,12H2;1H/t10-;/m1./s1. The van der Waals surface area contributed by atoms with E-state index in [0.717, 1.165) is 10.0 Å². The molecule has 0 bridgehead atoms. The first-order valence-electron chi connectivity index (χ1n) is 4.42. The zero-order chi connectivity index (χ0) is 9.42. The van der Waals surface area contributed by atoms with E-state index in [0.29, 0.717) is 5.92 Å². The molecular formula is C10H13BrClNO. The first kappa shape index (κ1) is 11.8. The molecule has 1 saturated carbocycles. The van der Waals surface area contributed by atoms with Crippen molar-refractivity contribution in [2.45, 2.75) is 18.9 Å². The van der Waals surface area contributed by atoms with Crippen LogP contribution in [0.3, 0.4) is 0 Å². The van der Waals surface area contributed by atoms with Crippen LogP contribution in [-0.2, 0) is 0 Å². The third-order valence-corrected chi connectivity index (χ3v) is 3.19. The van der Waals surface area contributed by atoms with Crippen LogP contribution in [-0.4, -0.2) is 5.11 Å². The van der Waals surface area contributed by atoms with Crippen molar-refractivity contribution in [2.24, 2.45) is 11.7 Å². The van der Waals surface area contributed by atoms with Crippen molar-refractivity contribution in [3.63, 3.8) is 0 Å². The zero-order valence-corrected chi connectivity index (χ0v) is 10.0. The quantitative estimate of drug-likeness (QED) is 0.873. The van der Waals surface area contributed by atoms with E-state index in [1.54, 1.807) is 12.1 Å². The lowest BCUT2D eigenvalue weighted by atomic mass is 10.0. The van der Waals surface area contributed by atoms with Gasteiger partial charge in [0.15, 0.2) is 0 Å². The second kappa shape index (κ2) is 4.51. The molecule has 1 fully saturated rings. The van der Waals surface area contributed by atoms with Crippen molar-refractivity contribution in [1.29, 1.82) is 0 Å². The van der Waals surface area contributed by atoms with Crippen LogP contribution < -0.4 is 5.73 Å². The maximum Gasteiger partial charge on any atom is 0.115 e. The van der Waals surface area contributed by atoms with Crippen LogP contribution in [0.5, 0.6) is 5.75 Å². The average Bonchev–Trinajstić information content (AvgIpc) is 2.91. The highest BCUT2D eigenvalue weighted by atomic mass is 79.9. The van der Waals surface area contributed by atoms with Crippen molar-refractivity contribution < 1.29 is 5.11 Å². The Bertz CT molecular complexity index is 328. The maximum absolute atomic E-state index is 9.31. The molecular weight excluding hydrogens is 265 g/mol. The summed E-state index contributed by atoms with van der Waals surface area (Å²) in [5, 5.41) is 9.31. The minimum Gasteiger partial charge on any atom is -0.508 e. The molecule has 1 atom stereocenters. The lowest BCUT2D eigenvalue weighted by Crippen LogP contribution is -2.12. The van der Waals surface area contributed by atoms with E-state index >= 15 is 0 Å². The molecule has 78 valence electrons. The summed E-state index contributed by atoms with van der Waals surface area (Å²) in [6, 6.07) is 5.31. The van der Waals surface area contributed by atoms with Crippen LogP contribution in [0.1, 0.15) is 24.4 Å². The predicted octanol–water partition coefficient (Wildman–Crippen LogP) is 2.99. The number of rotatable bonds is 2. The SMILES string of the molecule is Cl.N[C@@H](c1cc(O)ccc1Br)C1CC1. The molecule has 0 radical (unpaired) electrons. The molecule has 14 heavy (non-hydrogen) atoms. The second-order valence-electron chi connectivity index (χ2n) is 3.57. The third kappa shape index (κ3) is 2.41. The lowest BCUT2D eigenvalue weighted by Gasteiger charge is -2.12. The van der Waals surface area contributed by atoms with Gasteiger partial charge in [-0.05, 0) is 42.5 Å². The average molecular weight is 279 g/mol. The lowest BCUT2D eigenvalue weighted by molar-refractivity contribution is 0.472. The van der Waals surface area contributed by atoms with Gasteiger partial charge < -0.3 is 10.8 Å². The Morgan fingerprint density at radius 2 is 2.07 bits per heavy atom. The normalized spacial score (nSPS) is 17.3. The number of aromatic hydroxyl groups is 1. The van der Waals surface area contributed by atoms with Crippen molar-refractivity contribution >= 4 is 28.3 Å². The molecule has 4 heteroatoms. The van der Waals surface area contributed by atoms with Crippen LogP contribution in [0.15, 0.2) is 22.7 Å². The Morgan fingerprint density at radius 1 is 1.43 bits per heavy atom. The van der Waals surface area contributed by atoms with Gasteiger partial charge in [0.2, 0.25) is 0 Å². The molecule has 0 amide bonds. The van der Waals surface area contributed by atoms with Gasteiger partial charge in [0, 0.05) is 10.5 Å². The van der Waals surface area contributed by atoms with Crippen molar-refractivity contribution in [1.82, 2.24) is 0 Å². The van der Waals surface area contributed by atoms with E-state index in [1.165, 1.54) is 12.8 Å². The van der Waals surface area contributed by atoms with Crippen molar-refractivity contribution in [3.05, 3.63) is 28.2 Å². The predicted molar refractivity (Wildman–Crippen MR) is 62.7 cm³/mol. The first-order chi connectivity index (χ1) is 6.18. The Balaban J connectivity index is 0.000000980. The smallest absolute Gasteiger partial charge is 0.115 e. The van der Waals surface area contributed by atoms with E-state index in [4.69, 9.17) is 5.73 Å². The molecule has 0 aliphatic heterocycles. The van der Waals surface area contributed by atoms with Gasteiger partial charge in [0.25, 0.3) is 0 Å². The largest absolute Gasteiger partial charge is 0.508 e. The molecule has 1 aliphatic rings. The zero-order valence-electron chi connectivity index (χ0n) is 7.61. The van der Waals surface area contributed by atoms with Gasteiger partial charge in [-0.25, -0.2) is 0 Å². The fraction of sp³-hybridized carbons (Fsp3) is 0.400. The molecule has 1 aromatic rings. The summed E-state index contributed by atoms with van der Waals surface area (Å²) in [5.74, 6) is 0.896. The molecule has 0 saturated heterocycles. The summed E-state index contributed by atoms with van der Waals surface area (Å²) < 4.78 is 0.990. The number of hydrogen-bond acceptors (Lipinski definition) is 2. The van der Waals surface area contributed by atoms with Crippen LogP contribution >= 0.6 is 28.3 Å². The molecule has 0 heterocycles. The highest BCUT2D eigenvalue weighted by Gasteiger charge is 2.30. The number of hydrogen-bond donors (Lipinski definition) is 2. The number of phenols is 1. The number of halogens is 2. The fourth-order valence-electron chi connectivity index (χ4n) is 1.50. The topological polar surface area (TPSA) is 46.2 Å². The van der Waals surface area contributed by atoms with E-state index in [-0.39, 0.29) is 24.2 Å². The van der Waals surface area contributed by atoms with Gasteiger partial charge in [0.05, 0.1) is 0 Å². The summed E-state index contributed by atoms with van der Waals surface area (Å²) >= 11 is 3.44. The molecule has 2 nitrogen and oxygen atoms in total. The second-order valence-corrected chi connectivity index (χ2v) is 4.42. The van der Waals surface area contributed by atoms with E-state index < -0.39 is 0 Å². The summed E-state index contributed by atoms with van der Waals surface area (Å²) in [6.07, 6.45) is 2.42. The van der Waals surface area contributed by atoms with E-state index in [2.05, 4.69) is 15.9 Å². The molecule has 0 unspecified atom stereocenters. The molecule has 0 aromatic heterocycles. The molecule has 1 aromatic carbocycles. The Hall–Kier alpha value is -0.250. The Labute approximate surface area is 98.0 Å². The summed E-state index contributed by atoms with van der Waals surface area (Å²) in [5.41, 5.74) is 7.05. The summed E-state index contributed by atoms with van der Waals surface area (Å²) in [6.45, 7) is 0. The van der Waals surface area contributed by atoms with Gasteiger partial charge in [0.1, 0.15) is 5.75 Å². The van der Waals surface area contributed by atoms with Crippen LogP contribution in [0.25, 0.3) is 0 Å². The molecule has 1 aliphatic carbocycles. The Kier molecular flexibility index (Phi) is 3.81. The fourth-order valence-corrected chi connectivity index (χ4v) is 2.01. The minimum absolute atomic E-state index is 0. The first-order valence-corrected chi connectivity index (χ1v) is 5.22. The van der Waals surface area contributed by atoms with E-state index in [1.807, 2.05) is 6.07 Å². The van der Waals surface area contributed by atoms with Gasteiger partial charge >= 0.3 is 0 Å². The van der Waals surface area contributed by atoms with Gasteiger partial charge in [-0.15, -0.1) is 12.4 Å². The van der Waals surface area contributed by atoms with Crippen molar-refractivity contribution in [3.8, 4) is 5.75 Å². The van der Waals surface area contributed by atoms with Crippen LogP contribution in [0.4, 0.5) is 0 Å². The van der Waals surface area contributed by atoms with Crippen LogP contribution in [0, 0.1) is 5.92 Å². The Morgan fingerprint density at radius 3 is 2.64 bits per heavy atom. The minimum atomic E-state index is 0. The van der Waals surface area contributed by atoms with Gasteiger partial charge in [-0.3, -0.25) is 0 Å². The summed E-state index contributed by atoms with van der Waals surface area (Å²) in [7, 11) is 0. The molecule has 2 rings (SSSR count). The van der Waals surface area contributed by atoms with Crippen LogP contribution in [0.2, 0.25) is 0 Å². The van der Waals surface area contributed by atoms with Crippen molar-refractivity contribution in [2.75, 3.05) is 0 Å². The summed E-state index contributed by atoms with van der Waals surface area (Å²) in [4.78, 5) is 0. The third-order valence-electron chi connectivity index (χ3n) is 2.47. The highest BCUT2D eigenvalue weighted by molar-refractivity contribution is 9.10. The maximum atomic E-state index is 9.31. The highest BCUT2D eigenvalue weighted by Crippen LogP contribution is 2.42. The number of phenolic OH excluding ortho intramolecular Hbond substituents is 1. The molecule has 0 spiro atoms. The number of benzene rings is 1. The van der Waals surface area contributed by atoms with Gasteiger partial charge in [-0.2, -0.15) is 0 Å². The molecule has 3 N–H and O–H groups in total. The van der Waals surface area contributed by atoms with E-state index in [9.17, 15) is 5.11 Å². The monoisotopic (exact) mass is 277 g/mol. The van der Waals surface area contributed by atoms with Gasteiger partial charge in [-0.1, -0.05) is 15.9 Å². The number of nitrogens with two attached hydrogens (primary N) is 1.